The summed E-state index contributed by atoms with van der Waals surface area (Å²) in [5, 5.41) is 2.64. The molecule has 0 atom stereocenters. The van der Waals surface area contributed by atoms with E-state index in [1.807, 2.05) is 0 Å². The van der Waals surface area contributed by atoms with E-state index in [4.69, 9.17) is 4.42 Å². The average Bonchev–Trinajstić information content (AvgIpc) is 2.83. The molecule has 1 amide bonds. The van der Waals surface area contributed by atoms with Crippen molar-refractivity contribution in [1.82, 2.24) is 0 Å². The topological polar surface area (TPSA) is 59.3 Å². The molecule has 0 unspecified atom stereocenters. The zero-order valence-corrected chi connectivity index (χ0v) is 9.27. The molecule has 0 aliphatic heterocycles. The van der Waals surface area contributed by atoms with Crippen molar-refractivity contribution in [1.29, 1.82) is 0 Å². The zero-order valence-electron chi connectivity index (χ0n) is 9.27. The molecule has 0 fully saturated rings. The van der Waals surface area contributed by atoms with Crippen LogP contribution in [0.25, 0.3) is 0 Å². The molecule has 1 heterocycles. The minimum atomic E-state index is -0.372. The summed E-state index contributed by atoms with van der Waals surface area (Å²) in [7, 11) is 0. The number of nitrogens with one attached hydrogen (secondary N) is 1. The molecule has 1 aromatic carbocycles. The molecule has 0 saturated heterocycles. The molecule has 17 heavy (non-hydrogen) atoms. The Morgan fingerprint density at radius 2 is 1.88 bits per heavy atom. The molecule has 0 aliphatic carbocycles. The first-order valence-electron chi connectivity index (χ1n) is 5.13. The molecular weight excluding hydrogens is 218 g/mol. The van der Waals surface area contributed by atoms with Crippen LogP contribution in [-0.4, -0.2) is 11.7 Å². The first-order chi connectivity index (χ1) is 8.18. The number of furan rings is 1. The Bertz CT molecular complexity index is 544. The minimum absolute atomic E-state index is 0.0969. The van der Waals surface area contributed by atoms with Gasteiger partial charge in [0.1, 0.15) is 0 Å². The third-order valence-electron chi connectivity index (χ3n) is 2.30. The van der Waals surface area contributed by atoms with Crippen LogP contribution in [0.1, 0.15) is 27.8 Å². The van der Waals surface area contributed by atoms with Gasteiger partial charge in [-0.3, -0.25) is 9.59 Å². The molecule has 0 aliphatic rings. The van der Waals surface area contributed by atoms with Crippen molar-refractivity contribution < 1.29 is 14.0 Å². The summed E-state index contributed by atoms with van der Waals surface area (Å²) in [6.07, 6.45) is 1.42. The third kappa shape index (κ3) is 2.42. The van der Waals surface area contributed by atoms with Crippen molar-refractivity contribution >= 4 is 17.4 Å². The lowest BCUT2D eigenvalue weighted by molar-refractivity contribution is 0.0996. The molecule has 4 nitrogen and oxygen atoms in total. The van der Waals surface area contributed by atoms with Crippen molar-refractivity contribution in [3.63, 3.8) is 0 Å². The minimum Gasteiger partial charge on any atom is -0.459 e. The lowest BCUT2D eigenvalue weighted by Crippen LogP contribution is -2.13. The summed E-state index contributed by atoms with van der Waals surface area (Å²) >= 11 is 0. The molecular formula is C13H11NO3. The van der Waals surface area contributed by atoms with Crippen molar-refractivity contribution in [2.75, 3.05) is 5.32 Å². The molecule has 0 saturated carbocycles. The highest BCUT2D eigenvalue weighted by molar-refractivity contribution is 6.07. The second kappa shape index (κ2) is 4.65. The number of anilines is 1. The summed E-state index contributed by atoms with van der Waals surface area (Å²) in [6, 6.07) is 10.0. The van der Waals surface area contributed by atoms with Gasteiger partial charge in [0.05, 0.1) is 12.0 Å². The summed E-state index contributed by atoms with van der Waals surface area (Å²) in [6.45, 7) is 1.46. The van der Waals surface area contributed by atoms with Gasteiger partial charge in [-0.05, 0) is 31.2 Å². The number of Topliss-reactive ketones (excluding diaryl/α,β-unsaturated/α-hetero) is 1. The molecule has 2 aromatic rings. The Balaban J connectivity index is 2.25. The summed E-state index contributed by atoms with van der Waals surface area (Å²) in [5.41, 5.74) is 0.966. The maximum absolute atomic E-state index is 11.7. The van der Waals surface area contributed by atoms with Crippen LogP contribution in [0.3, 0.4) is 0 Å². The van der Waals surface area contributed by atoms with Crippen molar-refractivity contribution in [3.8, 4) is 0 Å². The van der Waals surface area contributed by atoms with Gasteiger partial charge in [0.25, 0.3) is 5.91 Å². The highest BCUT2D eigenvalue weighted by Gasteiger charge is 2.12. The second-order valence-electron chi connectivity index (χ2n) is 3.53. The highest BCUT2D eigenvalue weighted by atomic mass is 16.3. The smallest absolute Gasteiger partial charge is 0.291 e. The van der Waals surface area contributed by atoms with E-state index < -0.39 is 0 Å². The van der Waals surface area contributed by atoms with E-state index >= 15 is 0 Å². The Morgan fingerprint density at radius 1 is 1.12 bits per heavy atom. The van der Waals surface area contributed by atoms with Crippen molar-refractivity contribution in [2.24, 2.45) is 0 Å². The number of hydrogen-bond acceptors (Lipinski definition) is 3. The monoisotopic (exact) mass is 229 g/mol. The quantitative estimate of drug-likeness (QED) is 0.823. The average molecular weight is 229 g/mol. The second-order valence-corrected chi connectivity index (χ2v) is 3.53. The standard InChI is InChI=1S/C13H11NO3/c1-9(15)10-5-2-3-6-11(10)14-13(16)12-7-4-8-17-12/h2-8H,1H3,(H,14,16). The van der Waals surface area contributed by atoms with Gasteiger partial charge in [-0.1, -0.05) is 12.1 Å². The van der Waals surface area contributed by atoms with Gasteiger partial charge in [-0.25, -0.2) is 0 Å². The fourth-order valence-corrected chi connectivity index (χ4v) is 1.49. The lowest BCUT2D eigenvalue weighted by Gasteiger charge is -2.07. The van der Waals surface area contributed by atoms with E-state index in [0.29, 0.717) is 11.3 Å². The molecule has 1 N–H and O–H groups in total. The largest absolute Gasteiger partial charge is 0.459 e. The first kappa shape index (κ1) is 11.1. The van der Waals surface area contributed by atoms with Crippen LogP contribution >= 0.6 is 0 Å². The Hall–Kier alpha value is -2.36. The number of carbonyl (C=O) groups excluding carboxylic acids is 2. The van der Waals surface area contributed by atoms with E-state index in [9.17, 15) is 9.59 Å². The predicted octanol–water partition coefficient (Wildman–Crippen LogP) is 2.73. The number of carbonyl (C=O) groups is 2. The van der Waals surface area contributed by atoms with Crippen LogP contribution in [0.4, 0.5) is 5.69 Å². The summed E-state index contributed by atoms with van der Waals surface area (Å²) < 4.78 is 4.97. The fraction of sp³-hybridized carbons (Fsp3) is 0.0769. The van der Waals surface area contributed by atoms with E-state index in [2.05, 4.69) is 5.32 Å². The third-order valence-corrected chi connectivity index (χ3v) is 2.30. The van der Waals surface area contributed by atoms with E-state index in [1.54, 1.807) is 36.4 Å². The molecule has 0 radical (unpaired) electrons. The molecule has 86 valence electrons. The van der Waals surface area contributed by atoms with Gasteiger partial charge in [-0.2, -0.15) is 0 Å². The van der Waals surface area contributed by atoms with Crippen LogP contribution in [0.15, 0.2) is 47.1 Å². The number of benzene rings is 1. The lowest BCUT2D eigenvalue weighted by atomic mass is 10.1. The fourth-order valence-electron chi connectivity index (χ4n) is 1.49. The number of rotatable bonds is 3. The van der Waals surface area contributed by atoms with Crippen LogP contribution < -0.4 is 5.32 Å². The normalized spacial score (nSPS) is 9.94. The van der Waals surface area contributed by atoms with Crippen LogP contribution in [0.2, 0.25) is 0 Å². The number of ketones is 1. The maximum atomic E-state index is 11.7. The maximum Gasteiger partial charge on any atom is 0.291 e. The molecule has 0 bridgehead atoms. The van der Waals surface area contributed by atoms with Crippen LogP contribution in [0.5, 0.6) is 0 Å². The van der Waals surface area contributed by atoms with Crippen LogP contribution in [0, 0.1) is 0 Å². The summed E-state index contributed by atoms with van der Waals surface area (Å²) in [5.74, 6) is -0.257. The van der Waals surface area contributed by atoms with Gasteiger partial charge < -0.3 is 9.73 Å². The predicted molar refractivity (Wildman–Crippen MR) is 63.1 cm³/mol. The van der Waals surface area contributed by atoms with Gasteiger partial charge >= 0.3 is 0 Å². The van der Waals surface area contributed by atoms with Crippen LogP contribution in [-0.2, 0) is 0 Å². The number of amides is 1. The molecule has 0 spiro atoms. The van der Waals surface area contributed by atoms with E-state index in [-0.39, 0.29) is 17.5 Å². The zero-order chi connectivity index (χ0) is 12.3. The van der Waals surface area contributed by atoms with E-state index in [0.717, 1.165) is 0 Å². The Morgan fingerprint density at radius 3 is 2.53 bits per heavy atom. The van der Waals surface area contributed by atoms with Crippen molar-refractivity contribution in [3.05, 3.63) is 54.0 Å². The van der Waals surface area contributed by atoms with Crippen molar-refractivity contribution in [2.45, 2.75) is 6.92 Å². The van der Waals surface area contributed by atoms with Gasteiger partial charge in [-0.15, -0.1) is 0 Å². The summed E-state index contributed by atoms with van der Waals surface area (Å²) in [4.78, 5) is 23.1. The SMILES string of the molecule is CC(=O)c1ccccc1NC(=O)c1ccco1. The van der Waals surface area contributed by atoms with Gasteiger partial charge in [0.2, 0.25) is 0 Å². The molecule has 4 heteroatoms. The highest BCUT2D eigenvalue weighted by Crippen LogP contribution is 2.16. The van der Waals surface area contributed by atoms with E-state index in [1.165, 1.54) is 13.2 Å². The molecule has 1 aromatic heterocycles. The number of hydrogen-bond donors (Lipinski definition) is 1. The Labute approximate surface area is 98.3 Å². The Kier molecular flexibility index (Phi) is 3.05. The first-order valence-corrected chi connectivity index (χ1v) is 5.13. The van der Waals surface area contributed by atoms with Gasteiger partial charge in [0.15, 0.2) is 11.5 Å². The number of para-hydroxylation sites is 1. The van der Waals surface area contributed by atoms with Gasteiger partial charge in [0, 0.05) is 5.56 Å². The molecule has 2 rings (SSSR count).